The third-order valence-corrected chi connectivity index (χ3v) is 3.84. The highest BCUT2D eigenvalue weighted by Crippen LogP contribution is 2.26. The maximum atomic E-state index is 9.16. The lowest BCUT2D eigenvalue weighted by Crippen LogP contribution is -2.24. The average molecular weight is 330 g/mol. The van der Waals surface area contributed by atoms with E-state index in [1.54, 1.807) is 24.3 Å². The Labute approximate surface area is 141 Å². The van der Waals surface area contributed by atoms with Crippen molar-refractivity contribution in [1.82, 2.24) is 0 Å². The van der Waals surface area contributed by atoms with Crippen molar-refractivity contribution in [3.05, 3.63) is 66.2 Å². The topological polar surface area (TPSA) is 87.4 Å². The molecule has 0 radical (unpaired) electrons. The first kappa shape index (κ1) is 18.0. The maximum Gasteiger partial charge on any atom is 0.117 e. The normalized spacial score (nSPS) is 10.5. The Morgan fingerprint density at radius 2 is 0.917 bits per heavy atom. The minimum Gasteiger partial charge on any atom is -0.376 e. The molecule has 0 spiro atoms. The Hall–Kier alpha value is -2.38. The molecule has 6 heteroatoms. The van der Waals surface area contributed by atoms with Crippen molar-refractivity contribution in [1.29, 1.82) is 0 Å². The van der Waals surface area contributed by atoms with Crippen molar-refractivity contribution in [3.8, 4) is 0 Å². The van der Waals surface area contributed by atoms with Gasteiger partial charge in [0.2, 0.25) is 0 Å². The van der Waals surface area contributed by atoms with Crippen LogP contribution in [-0.4, -0.2) is 47.3 Å². The molecule has 2 aromatic carbocycles. The van der Waals surface area contributed by atoms with Crippen molar-refractivity contribution in [2.45, 2.75) is 0 Å². The largest absolute Gasteiger partial charge is 0.376 e. The van der Waals surface area contributed by atoms with Crippen molar-refractivity contribution >= 4 is 16.9 Å². The Kier molecular flexibility index (Phi) is 6.34. The third-order valence-electron chi connectivity index (χ3n) is 3.84. The van der Waals surface area contributed by atoms with Crippen molar-refractivity contribution in [3.63, 3.8) is 0 Å². The molecule has 0 heterocycles. The minimum absolute atomic E-state index is 0.259. The Balaban J connectivity index is 2.16. The average Bonchev–Trinajstić information content (AvgIpc) is 2.64. The van der Waals surface area contributed by atoms with E-state index in [0.29, 0.717) is 11.4 Å². The summed E-state index contributed by atoms with van der Waals surface area (Å²) in [5.74, 6) is 0. The van der Waals surface area contributed by atoms with E-state index < -0.39 is 0 Å². The van der Waals surface area contributed by atoms with Crippen LogP contribution < -0.4 is 9.80 Å². The molecule has 0 aliphatic heterocycles. The molecule has 0 aromatic heterocycles. The van der Waals surface area contributed by atoms with Gasteiger partial charge in [0.25, 0.3) is 0 Å². The van der Waals surface area contributed by atoms with E-state index >= 15 is 0 Å². The van der Waals surface area contributed by atoms with Crippen molar-refractivity contribution < 1.29 is 20.4 Å². The highest BCUT2D eigenvalue weighted by atomic mass is 16.3. The molecule has 2 aromatic rings. The number of hydrogen-bond acceptors (Lipinski definition) is 6. The first-order valence-electron chi connectivity index (χ1n) is 7.47. The molecular formula is C18H22N2O4. The van der Waals surface area contributed by atoms with E-state index in [9.17, 15) is 0 Å². The number of nitrogens with zero attached hydrogens (tertiary/aromatic N) is 2. The monoisotopic (exact) mass is 330 g/mol. The summed E-state index contributed by atoms with van der Waals surface area (Å²) in [7, 11) is 0. The summed E-state index contributed by atoms with van der Waals surface area (Å²) in [4.78, 5) is 2.83. The van der Waals surface area contributed by atoms with Crippen LogP contribution in [0, 0.1) is 0 Å². The van der Waals surface area contributed by atoms with Gasteiger partial charge < -0.3 is 30.2 Å². The zero-order valence-corrected chi connectivity index (χ0v) is 13.3. The molecule has 2 rings (SSSR count). The molecule has 0 atom stereocenters. The molecule has 0 unspecified atom stereocenters. The second kappa shape index (κ2) is 8.47. The quantitative estimate of drug-likeness (QED) is 0.543. The molecule has 0 amide bonds. The van der Waals surface area contributed by atoms with E-state index in [2.05, 4.69) is 6.58 Å². The molecular weight excluding hydrogens is 308 g/mol. The van der Waals surface area contributed by atoms with Gasteiger partial charge in [-0.25, -0.2) is 0 Å². The summed E-state index contributed by atoms with van der Waals surface area (Å²) < 4.78 is 0. The molecule has 0 aliphatic rings. The molecule has 0 saturated carbocycles. The molecule has 0 bridgehead atoms. The lowest BCUT2D eigenvalue weighted by atomic mass is 9.99. The predicted octanol–water partition coefficient (Wildman–Crippen LogP) is 1.16. The van der Waals surface area contributed by atoms with Gasteiger partial charge in [0.1, 0.15) is 26.9 Å². The van der Waals surface area contributed by atoms with E-state index in [1.807, 2.05) is 24.3 Å². The molecule has 6 nitrogen and oxygen atoms in total. The van der Waals surface area contributed by atoms with Crippen LogP contribution >= 0.6 is 0 Å². The first-order valence-corrected chi connectivity index (χ1v) is 7.47. The van der Waals surface area contributed by atoms with Crippen LogP contribution in [0.15, 0.2) is 55.1 Å². The Bertz CT molecular complexity index is 590. The van der Waals surface area contributed by atoms with Gasteiger partial charge in [-0.15, -0.1) is 0 Å². The van der Waals surface area contributed by atoms with Crippen molar-refractivity contribution in [2.24, 2.45) is 0 Å². The fourth-order valence-electron chi connectivity index (χ4n) is 2.33. The van der Waals surface area contributed by atoms with Gasteiger partial charge in [0.15, 0.2) is 0 Å². The summed E-state index contributed by atoms with van der Waals surface area (Å²) in [6, 6.07) is 14.7. The Morgan fingerprint density at radius 3 is 1.17 bits per heavy atom. The molecule has 128 valence electrons. The maximum absolute atomic E-state index is 9.16. The van der Waals surface area contributed by atoms with Crippen LogP contribution in [0.1, 0.15) is 11.1 Å². The fraction of sp³-hybridized carbons (Fsp3) is 0.222. The second-order valence-corrected chi connectivity index (χ2v) is 5.22. The SMILES string of the molecule is C=C(c1ccc(N(CO)CO)cc1)c1ccc(N(CO)CO)cc1. The predicted molar refractivity (Wildman–Crippen MR) is 94.3 cm³/mol. The fourth-order valence-corrected chi connectivity index (χ4v) is 2.33. The summed E-state index contributed by atoms with van der Waals surface area (Å²) >= 11 is 0. The smallest absolute Gasteiger partial charge is 0.117 e. The van der Waals surface area contributed by atoms with E-state index in [1.165, 1.54) is 9.80 Å². The lowest BCUT2D eigenvalue weighted by Gasteiger charge is -2.20. The zero-order valence-electron chi connectivity index (χ0n) is 13.3. The van der Waals surface area contributed by atoms with Gasteiger partial charge in [-0.05, 0) is 41.0 Å². The van der Waals surface area contributed by atoms with Crippen LogP contribution in [0.25, 0.3) is 5.57 Å². The van der Waals surface area contributed by atoms with Crippen molar-refractivity contribution in [2.75, 3.05) is 36.7 Å². The summed E-state index contributed by atoms with van der Waals surface area (Å²) in [6.07, 6.45) is 0. The number of aliphatic hydroxyl groups excluding tert-OH is 4. The second-order valence-electron chi connectivity index (χ2n) is 5.22. The number of anilines is 2. The highest BCUT2D eigenvalue weighted by molar-refractivity contribution is 5.79. The standard InChI is InChI=1S/C18H22N2O4/c1-14(15-2-6-17(7-3-15)19(10-21)11-22)16-4-8-18(9-5-16)20(12-23)13-24/h2-9,21-24H,1,10-13H2. The van der Waals surface area contributed by atoms with Crippen LogP contribution in [0.2, 0.25) is 0 Å². The Morgan fingerprint density at radius 1 is 0.625 bits per heavy atom. The van der Waals surface area contributed by atoms with Gasteiger partial charge in [-0.1, -0.05) is 30.8 Å². The van der Waals surface area contributed by atoms with Gasteiger partial charge in [-0.2, -0.15) is 0 Å². The van der Waals surface area contributed by atoms with Crippen LogP contribution in [0.3, 0.4) is 0 Å². The summed E-state index contributed by atoms with van der Waals surface area (Å²) in [6.45, 7) is 3.06. The molecule has 0 aliphatic carbocycles. The van der Waals surface area contributed by atoms with Crippen LogP contribution in [0.4, 0.5) is 11.4 Å². The molecule has 0 fully saturated rings. The van der Waals surface area contributed by atoms with Gasteiger partial charge in [0.05, 0.1) is 0 Å². The molecule has 0 saturated heterocycles. The van der Waals surface area contributed by atoms with Gasteiger partial charge in [-0.3, -0.25) is 0 Å². The summed E-state index contributed by atoms with van der Waals surface area (Å²) in [5.41, 5.74) is 4.10. The van der Waals surface area contributed by atoms with Crippen LogP contribution in [-0.2, 0) is 0 Å². The summed E-state index contributed by atoms with van der Waals surface area (Å²) in [5, 5.41) is 36.6. The van der Waals surface area contributed by atoms with E-state index in [0.717, 1.165) is 16.7 Å². The molecule has 24 heavy (non-hydrogen) atoms. The number of hydrogen-bond donors (Lipinski definition) is 4. The molecule has 4 N–H and O–H groups in total. The lowest BCUT2D eigenvalue weighted by molar-refractivity contribution is 0.222. The zero-order chi connectivity index (χ0) is 17.5. The van der Waals surface area contributed by atoms with E-state index in [4.69, 9.17) is 20.4 Å². The van der Waals surface area contributed by atoms with Crippen LogP contribution in [0.5, 0.6) is 0 Å². The first-order chi connectivity index (χ1) is 11.6. The third kappa shape index (κ3) is 3.93. The minimum atomic E-state index is -0.259. The van der Waals surface area contributed by atoms with Gasteiger partial charge >= 0.3 is 0 Å². The number of aliphatic hydroxyl groups is 4. The number of benzene rings is 2. The van der Waals surface area contributed by atoms with Gasteiger partial charge in [0, 0.05) is 11.4 Å². The highest BCUT2D eigenvalue weighted by Gasteiger charge is 2.08. The number of rotatable bonds is 8. The van der Waals surface area contributed by atoms with E-state index in [-0.39, 0.29) is 26.9 Å².